The van der Waals surface area contributed by atoms with E-state index in [2.05, 4.69) is 9.97 Å². The van der Waals surface area contributed by atoms with E-state index < -0.39 is 0 Å². The predicted octanol–water partition coefficient (Wildman–Crippen LogP) is 3.11. The van der Waals surface area contributed by atoms with Crippen LogP contribution in [0.15, 0.2) is 35.0 Å². The summed E-state index contributed by atoms with van der Waals surface area (Å²) in [4.78, 5) is 8.30. The molecular formula is C11H7ClN2O. The summed E-state index contributed by atoms with van der Waals surface area (Å²) in [5.41, 5.74) is 3.07. The third kappa shape index (κ3) is 1.20. The number of benzene rings is 1. The van der Waals surface area contributed by atoms with Crippen LogP contribution in [0, 0.1) is 0 Å². The fourth-order valence-electron chi connectivity index (χ4n) is 1.67. The highest BCUT2D eigenvalue weighted by atomic mass is 35.5. The third-order valence-electron chi connectivity index (χ3n) is 2.36. The van der Waals surface area contributed by atoms with E-state index in [1.807, 2.05) is 24.3 Å². The Hall–Kier alpha value is -1.61. The Morgan fingerprint density at radius 1 is 1.20 bits per heavy atom. The van der Waals surface area contributed by atoms with Crippen LogP contribution in [0.25, 0.3) is 22.1 Å². The van der Waals surface area contributed by atoms with Crippen LogP contribution >= 0.6 is 11.6 Å². The molecule has 0 fully saturated rings. The Kier molecular flexibility index (Phi) is 1.86. The number of nitrogens with zero attached hydrogens (tertiary/aromatic N) is 2. The zero-order chi connectivity index (χ0) is 10.3. The van der Waals surface area contributed by atoms with Gasteiger partial charge in [0.05, 0.1) is 5.88 Å². The first-order valence-corrected chi connectivity index (χ1v) is 5.10. The molecule has 0 aliphatic carbocycles. The molecule has 2 aromatic heterocycles. The lowest BCUT2D eigenvalue weighted by Gasteiger charge is -1.92. The van der Waals surface area contributed by atoms with Crippen LogP contribution in [0.2, 0.25) is 0 Å². The minimum Gasteiger partial charge on any atom is -0.452 e. The molecule has 2 heterocycles. The van der Waals surface area contributed by atoms with E-state index in [0.717, 1.165) is 22.2 Å². The number of hydrogen-bond acceptors (Lipinski definition) is 3. The van der Waals surface area contributed by atoms with Gasteiger partial charge in [0.25, 0.3) is 0 Å². The van der Waals surface area contributed by atoms with Crippen LogP contribution < -0.4 is 0 Å². The Morgan fingerprint density at radius 3 is 2.93 bits per heavy atom. The molecule has 0 aliphatic heterocycles. The summed E-state index contributed by atoms with van der Waals surface area (Å²) < 4.78 is 5.66. The summed E-state index contributed by atoms with van der Waals surface area (Å²) in [6.45, 7) is 0. The van der Waals surface area contributed by atoms with Crippen molar-refractivity contribution in [2.75, 3.05) is 0 Å². The van der Waals surface area contributed by atoms with Gasteiger partial charge in [-0.2, -0.15) is 0 Å². The summed E-state index contributed by atoms with van der Waals surface area (Å²) in [7, 11) is 0. The van der Waals surface area contributed by atoms with Gasteiger partial charge in [0.1, 0.15) is 23.1 Å². The Morgan fingerprint density at radius 2 is 2.07 bits per heavy atom. The number of halogens is 1. The maximum atomic E-state index is 5.78. The maximum Gasteiger partial charge on any atom is 0.176 e. The van der Waals surface area contributed by atoms with Crippen LogP contribution in [-0.2, 0) is 5.88 Å². The lowest BCUT2D eigenvalue weighted by Crippen LogP contribution is -1.86. The van der Waals surface area contributed by atoms with Gasteiger partial charge in [0.15, 0.2) is 5.58 Å². The lowest BCUT2D eigenvalue weighted by atomic mass is 10.2. The van der Waals surface area contributed by atoms with Gasteiger partial charge in [-0.05, 0) is 12.1 Å². The van der Waals surface area contributed by atoms with E-state index in [1.54, 1.807) is 0 Å². The van der Waals surface area contributed by atoms with E-state index >= 15 is 0 Å². The first kappa shape index (κ1) is 8.68. The summed E-state index contributed by atoms with van der Waals surface area (Å²) in [5.74, 6) is 0.332. The molecule has 74 valence electrons. The fraction of sp³-hybridized carbons (Fsp3) is 0.0909. The minimum absolute atomic E-state index is 0.332. The fourth-order valence-corrected chi connectivity index (χ4v) is 1.86. The number of alkyl halides is 1. The van der Waals surface area contributed by atoms with E-state index in [-0.39, 0.29) is 0 Å². The van der Waals surface area contributed by atoms with Gasteiger partial charge in [-0.15, -0.1) is 11.6 Å². The molecule has 3 rings (SSSR count). The quantitative estimate of drug-likeness (QED) is 0.589. The molecule has 3 aromatic rings. The summed E-state index contributed by atoms with van der Waals surface area (Å²) in [5, 5.41) is 1.00. The second-order valence-corrected chi connectivity index (χ2v) is 3.50. The van der Waals surface area contributed by atoms with Crippen LogP contribution in [-0.4, -0.2) is 9.97 Å². The number of furan rings is 1. The molecule has 0 saturated heterocycles. The van der Waals surface area contributed by atoms with Crippen molar-refractivity contribution in [2.45, 2.75) is 5.88 Å². The molecule has 0 unspecified atom stereocenters. The maximum absolute atomic E-state index is 5.78. The van der Waals surface area contributed by atoms with Crippen molar-refractivity contribution in [3.05, 3.63) is 36.3 Å². The number of aromatic nitrogens is 2. The van der Waals surface area contributed by atoms with E-state index in [1.165, 1.54) is 6.33 Å². The van der Waals surface area contributed by atoms with Crippen LogP contribution in [0.3, 0.4) is 0 Å². The zero-order valence-corrected chi connectivity index (χ0v) is 8.53. The highest BCUT2D eigenvalue weighted by Gasteiger charge is 2.11. The highest BCUT2D eigenvalue weighted by molar-refractivity contribution is 6.18. The smallest absolute Gasteiger partial charge is 0.176 e. The second-order valence-electron chi connectivity index (χ2n) is 3.23. The molecule has 0 amide bonds. The molecule has 0 aliphatic rings. The van der Waals surface area contributed by atoms with Crippen molar-refractivity contribution < 1.29 is 4.42 Å². The van der Waals surface area contributed by atoms with Crippen molar-refractivity contribution in [2.24, 2.45) is 0 Å². The predicted molar refractivity (Wildman–Crippen MR) is 58.9 cm³/mol. The van der Waals surface area contributed by atoms with Crippen molar-refractivity contribution in [3.63, 3.8) is 0 Å². The topological polar surface area (TPSA) is 38.9 Å². The third-order valence-corrected chi connectivity index (χ3v) is 2.61. The van der Waals surface area contributed by atoms with E-state index in [0.29, 0.717) is 11.5 Å². The molecule has 0 radical (unpaired) electrons. The first-order valence-electron chi connectivity index (χ1n) is 4.57. The largest absolute Gasteiger partial charge is 0.452 e. The molecule has 0 spiro atoms. The van der Waals surface area contributed by atoms with Gasteiger partial charge in [-0.25, -0.2) is 9.97 Å². The van der Waals surface area contributed by atoms with Gasteiger partial charge in [0, 0.05) is 5.39 Å². The number of rotatable bonds is 1. The highest BCUT2D eigenvalue weighted by Crippen LogP contribution is 2.28. The van der Waals surface area contributed by atoms with E-state index in [9.17, 15) is 0 Å². The number of fused-ring (bicyclic) bond motifs is 3. The van der Waals surface area contributed by atoms with Gasteiger partial charge in [-0.3, -0.25) is 0 Å². The molecule has 1 aromatic carbocycles. The number of para-hydroxylation sites is 1. The Balaban J connectivity index is 2.53. The molecule has 4 heteroatoms. The average Bonchev–Trinajstić information content (AvgIpc) is 2.67. The van der Waals surface area contributed by atoms with Gasteiger partial charge < -0.3 is 4.42 Å². The van der Waals surface area contributed by atoms with Crippen LogP contribution in [0.1, 0.15) is 5.69 Å². The van der Waals surface area contributed by atoms with Gasteiger partial charge in [0.2, 0.25) is 0 Å². The van der Waals surface area contributed by atoms with Crippen molar-refractivity contribution in [1.82, 2.24) is 9.97 Å². The normalized spacial score (nSPS) is 11.3. The standard InChI is InChI=1S/C11H7ClN2O/c12-5-8-11-10(14-6-13-8)7-3-1-2-4-9(7)15-11/h1-4,6H,5H2. The second kappa shape index (κ2) is 3.21. The van der Waals surface area contributed by atoms with E-state index in [4.69, 9.17) is 16.0 Å². The molecule has 15 heavy (non-hydrogen) atoms. The summed E-state index contributed by atoms with van der Waals surface area (Å²) in [6.07, 6.45) is 1.52. The van der Waals surface area contributed by atoms with Crippen molar-refractivity contribution in [1.29, 1.82) is 0 Å². The zero-order valence-electron chi connectivity index (χ0n) is 7.77. The average molecular weight is 219 g/mol. The molecule has 0 atom stereocenters. The van der Waals surface area contributed by atoms with Crippen LogP contribution in [0.4, 0.5) is 0 Å². The van der Waals surface area contributed by atoms with Gasteiger partial charge >= 0.3 is 0 Å². The SMILES string of the molecule is ClCc1ncnc2c1oc1ccccc12. The minimum atomic E-state index is 0.332. The molecule has 3 nitrogen and oxygen atoms in total. The Labute approximate surface area is 90.7 Å². The summed E-state index contributed by atoms with van der Waals surface area (Å²) >= 11 is 5.78. The lowest BCUT2D eigenvalue weighted by molar-refractivity contribution is 0.660. The molecular weight excluding hydrogens is 212 g/mol. The first-order chi connectivity index (χ1) is 7.40. The van der Waals surface area contributed by atoms with Crippen LogP contribution in [0.5, 0.6) is 0 Å². The molecule has 0 bridgehead atoms. The van der Waals surface area contributed by atoms with Gasteiger partial charge in [-0.1, -0.05) is 12.1 Å². The molecule has 0 saturated carbocycles. The summed E-state index contributed by atoms with van der Waals surface area (Å²) in [6, 6.07) is 7.78. The molecule has 0 N–H and O–H groups in total. The van der Waals surface area contributed by atoms with Crippen molar-refractivity contribution in [3.8, 4) is 0 Å². The van der Waals surface area contributed by atoms with Crippen molar-refractivity contribution >= 4 is 33.7 Å². The Bertz CT molecular complexity index is 633. The monoisotopic (exact) mass is 218 g/mol. The number of hydrogen-bond donors (Lipinski definition) is 0.